The Morgan fingerprint density at radius 1 is 0.923 bits per heavy atom. The van der Waals surface area contributed by atoms with E-state index in [1.165, 1.54) is 37.4 Å². The van der Waals surface area contributed by atoms with Crippen LogP contribution >= 0.6 is 23.2 Å². The molecule has 0 fully saturated rings. The summed E-state index contributed by atoms with van der Waals surface area (Å²) in [5, 5.41) is 0.116. The van der Waals surface area contributed by atoms with Crippen LogP contribution in [0.1, 0.15) is 20.7 Å². The van der Waals surface area contributed by atoms with Gasteiger partial charge in [0.25, 0.3) is 10.0 Å². The van der Waals surface area contributed by atoms with Crippen molar-refractivity contribution in [3.8, 4) is 0 Å². The monoisotopic (exact) mass is 417 g/mol. The fraction of sp³-hybridized carbons (Fsp3) is 0.125. The Balaban J connectivity index is 2.44. The first-order chi connectivity index (χ1) is 12.2. The molecule has 10 heteroatoms. The van der Waals surface area contributed by atoms with Crippen LogP contribution in [0.4, 0.5) is 5.69 Å². The average molecular weight is 418 g/mol. The summed E-state index contributed by atoms with van der Waals surface area (Å²) >= 11 is 11.9. The van der Waals surface area contributed by atoms with Crippen LogP contribution < -0.4 is 4.72 Å². The number of methoxy groups -OCH3 is 2. The zero-order valence-corrected chi connectivity index (χ0v) is 15.9. The number of nitrogens with one attached hydrogen (secondary N) is 1. The maximum atomic E-state index is 12.6. The summed E-state index contributed by atoms with van der Waals surface area (Å²) in [6.45, 7) is 0. The van der Waals surface area contributed by atoms with E-state index < -0.39 is 22.0 Å². The van der Waals surface area contributed by atoms with Gasteiger partial charge in [-0.05, 0) is 36.4 Å². The highest BCUT2D eigenvalue weighted by atomic mass is 35.5. The molecule has 0 aliphatic heterocycles. The van der Waals surface area contributed by atoms with Crippen molar-refractivity contribution >= 4 is 50.9 Å². The van der Waals surface area contributed by atoms with Gasteiger partial charge in [-0.15, -0.1) is 0 Å². The lowest BCUT2D eigenvalue weighted by molar-refractivity contribution is 0.0592. The topological polar surface area (TPSA) is 98.8 Å². The third-order valence-corrected chi connectivity index (χ3v) is 5.31. The smallest absolute Gasteiger partial charge is 0.339 e. The number of benzene rings is 2. The number of hydrogen-bond acceptors (Lipinski definition) is 6. The van der Waals surface area contributed by atoms with Crippen LogP contribution in [-0.2, 0) is 19.5 Å². The highest BCUT2D eigenvalue weighted by molar-refractivity contribution is 7.92. The number of anilines is 1. The van der Waals surface area contributed by atoms with Gasteiger partial charge >= 0.3 is 11.9 Å². The second-order valence-corrected chi connectivity index (χ2v) is 7.42. The van der Waals surface area contributed by atoms with Crippen LogP contribution in [0.15, 0.2) is 41.3 Å². The van der Waals surface area contributed by atoms with Crippen molar-refractivity contribution in [3.63, 3.8) is 0 Å². The van der Waals surface area contributed by atoms with Crippen LogP contribution in [0.25, 0.3) is 0 Å². The Labute approximate surface area is 159 Å². The largest absolute Gasteiger partial charge is 0.465 e. The van der Waals surface area contributed by atoms with E-state index in [2.05, 4.69) is 14.2 Å². The van der Waals surface area contributed by atoms with Crippen molar-refractivity contribution in [2.24, 2.45) is 0 Å². The van der Waals surface area contributed by atoms with E-state index in [4.69, 9.17) is 23.2 Å². The third kappa shape index (κ3) is 4.27. The highest BCUT2D eigenvalue weighted by Gasteiger charge is 2.21. The molecule has 2 rings (SSSR count). The van der Waals surface area contributed by atoms with Gasteiger partial charge in [-0.25, -0.2) is 18.0 Å². The van der Waals surface area contributed by atoms with E-state index in [0.717, 1.165) is 13.2 Å². The summed E-state index contributed by atoms with van der Waals surface area (Å²) in [5.74, 6) is -1.43. The number of esters is 2. The standard InChI is InChI=1S/C16H13Cl2NO6S/c1-24-15(20)9-3-5-13(18)14(7-9)19-26(22,23)10-4-6-12(17)11(8-10)16(21)25-2/h3-8,19H,1-2H3. The van der Waals surface area contributed by atoms with E-state index in [0.29, 0.717) is 0 Å². The van der Waals surface area contributed by atoms with Gasteiger partial charge in [0.2, 0.25) is 0 Å². The van der Waals surface area contributed by atoms with Crippen molar-refractivity contribution in [3.05, 3.63) is 57.6 Å². The predicted octanol–water partition coefficient (Wildman–Crippen LogP) is 3.37. The molecule has 0 radical (unpaired) electrons. The van der Waals surface area contributed by atoms with Crippen LogP contribution in [0.5, 0.6) is 0 Å². The van der Waals surface area contributed by atoms with E-state index >= 15 is 0 Å². The Bertz CT molecular complexity index is 975. The molecule has 0 unspecified atom stereocenters. The first-order valence-electron chi connectivity index (χ1n) is 6.98. The number of hydrogen-bond donors (Lipinski definition) is 1. The molecule has 0 atom stereocenters. The molecule has 0 aliphatic carbocycles. The van der Waals surface area contributed by atoms with Gasteiger partial charge in [-0.2, -0.15) is 0 Å². The van der Waals surface area contributed by atoms with Gasteiger partial charge in [0.15, 0.2) is 0 Å². The second kappa shape index (κ2) is 7.94. The normalized spacial score (nSPS) is 10.9. The quantitative estimate of drug-likeness (QED) is 0.748. The number of sulfonamides is 1. The van der Waals surface area contributed by atoms with Crippen LogP contribution in [-0.4, -0.2) is 34.6 Å². The Kier molecular flexibility index (Phi) is 6.12. The predicted molar refractivity (Wildman–Crippen MR) is 96.4 cm³/mol. The number of ether oxygens (including phenoxy) is 2. The summed E-state index contributed by atoms with van der Waals surface area (Å²) in [6.07, 6.45) is 0. The van der Waals surface area contributed by atoms with E-state index in [9.17, 15) is 18.0 Å². The van der Waals surface area contributed by atoms with E-state index in [1.807, 2.05) is 0 Å². The zero-order valence-electron chi connectivity index (χ0n) is 13.6. The number of rotatable bonds is 5. The molecule has 2 aromatic carbocycles. The molecule has 0 spiro atoms. The summed E-state index contributed by atoms with van der Waals surface area (Å²) < 4.78 is 36.6. The molecule has 1 N–H and O–H groups in total. The number of carbonyl (C=O) groups is 2. The third-order valence-electron chi connectivity index (χ3n) is 3.29. The molecule has 0 heterocycles. The molecule has 0 saturated carbocycles. The van der Waals surface area contributed by atoms with Gasteiger partial charge in [0.1, 0.15) is 0 Å². The lowest BCUT2D eigenvalue weighted by Crippen LogP contribution is -2.15. The van der Waals surface area contributed by atoms with E-state index in [-0.39, 0.29) is 31.8 Å². The summed E-state index contributed by atoms with van der Waals surface area (Å²) in [5.41, 5.74) is -0.0171. The minimum absolute atomic E-state index is 0.0239. The Hall–Kier alpha value is -2.29. The maximum absolute atomic E-state index is 12.6. The van der Waals surface area contributed by atoms with Gasteiger partial charge < -0.3 is 9.47 Å². The molecule has 0 amide bonds. The fourth-order valence-corrected chi connectivity index (χ4v) is 3.50. The molecule has 0 saturated heterocycles. The molecule has 0 bridgehead atoms. The molecule has 0 aromatic heterocycles. The minimum Gasteiger partial charge on any atom is -0.465 e. The number of halogens is 2. The first kappa shape index (κ1) is 20.0. The molecule has 26 heavy (non-hydrogen) atoms. The van der Waals surface area contributed by atoms with Crippen molar-refractivity contribution in [2.45, 2.75) is 4.90 Å². The van der Waals surface area contributed by atoms with Crippen LogP contribution in [0, 0.1) is 0 Å². The van der Waals surface area contributed by atoms with Crippen molar-refractivity contribution in [1.29, 1.82) is 0 Å². The maximum Gasteiger partial charge on any atom is 0.339 e. The molecule has 7 nitrogen and oxygen atoms in total. The van der Waals surface area contributed by atoms with Crippen molar-refractivity contribution in [1.82, 2.24) is 0 Å². The molecule has 0 aliphatic rings. The first-order valence-corrected chi connectivity index (χ1v) is 9.22. The van der Waals surface area contributed by atoms with E-state index in [1.54, 1.807) is 0 Å². The van der Waals surface area contributed by atoms with Crippen molar-refractivity contribution in [2.75, 3.05) is 18.9 Å². The lowest BCUT2D eigenvalue weighted by Gasteiger charge is -2.12. The second-order valence-electron chi connectivity index (χ2n) is 4.92. The summed E-state index contributed by atoms with van der Waals surface area (Å²) in [6, 6.07) is 7.54. The van der Waals surface area contributed by atoms with Crippen molar-refractivity contribution < 1.29 is 27.5 Å². The molecule has 138 valence electrons. The summed E-state index contributed by atoms with van der Waals surface area (Å²) in [4.78, 5) is 23.0. The number of carbonyl (C=O) groups excluding carboxylic acids is 2. The fourth-order valence-electron chi connectivity index (χ4n) is 1.99. The van der Waals surface area contributed by atoms with Gasteiger partial charge in [-0.1, -0.05) is 23.2 Å². The van der Waals surface area contributed by atoms with Crippen LogP contribution in [0.2, 0.25) is 10.0 Å². The average Bonchev–Trinajstić information content (AvgIpc) is 2.62. The lowest BCUT2D eigenvalue weighted by atomic mass is 10.2. The SMILES string of the molecule is COC(=O)c1ccc(Cl)c(NS(=O)(=O)c2ccc(Cl)c(C(=O)OC)c2)c1. The van der Waals surface area contributed by atoms with Gasteiger partial charge in [0, 0.05) is 0 Å². The molecular formula is C16H13Cl2NO6S. The Morgan fingerprint density at radius 2 is 1.54 bits per heavy atom. The molecular weight excluding hydrogens is 405 g/mol. The Morgan fingerprint density at radius 3 is 2.15 bits per heavy atom. The zero-order chi connectivity index (χ0) is 19.5. The van der Waals surface area contributed by atoms with Gasteiger partial charge in [0.05, 0.1) is 46.0 Å². The molecule has 2 aromatic rings. The van der Waals surface area contributed by atoms with Gasteiger partial charge in [-0.3, -0.25) is 4.72 Å². The highest BCUT2D eigenvalue weighted by Crippen LogP contribution is 2.28. The minimum atomic E-state index is -4.12. The van der Waals surface area contributed by atoms with Crippen LogP contribution in [0.3, 0.4) is 0 Å². The summed E-state index contributed by atoms with van der Waals surface area (Å²) in [7, 11) is -1.77.